The van der Waals surface area contributed by atoms with Crippen molar-refractivity contribution in [3.63, 3.8) is 0 Å². The van der Waals surface area contributed by atoms with Gasteiger partial charge in [-0.15, -0.1) is 0 Å². The van der Waals surface area contributed by atoms with Crippen LogP contribution in [0.2, 0.25) is 0 Å². The van der Waals surface area contributed by atoms with E-state index in [9.17, 15) is 14.7 Å². The lowest BCUT2D eigenvalue weighted by Gasteiger charge is -2.36. The van der Waals surface area contributed by atoms with Gasteiger partial charge in [-0.05, 0) is 38.0 Å². The fourth-order valence-electron chi connectivity index (χ4n) is 3.92. The molecule has 0 bridgehead atoms. The van der Waals surface area contributed by atoms with Crippen LogP contribution in [0.4, 0.5) is 11.5 Å². The van der Waals surface area contributed by atoms with Crippen molar-refractivity contribution in [1.82, 2.24) is 14.9 Å². The number of hydrogen-bond acceptors (Lipinski definition) is 7. The van der Waals surface area contributed by atoms with Crippen molar-refractivity contribution in [1.29, 1.82) is 0 Å². The highest BCUT2D eigenvalue weighted by Crippen LogP contribution is 2.23. The molecule has 1 amide bonds. The lowest BCUT2D eigenvalue weighted by atomic mass is 10.1. The summed E-state index contributed by atoms with van der Waals surface area (Å²) in [5.74, 6) is 0.629. The zero-order valence-electron chi connectivity index (χ0n) is 16.5. The average Bonchev–Trinajstić information content (AvgIpc) is 3.30. The molecule has 4 heterocycles. The van der Waals surface area contributed by atoms with Crippen molar-refractivity contribution in [2.45, 2.75) is 19.8 Å². The molecule has 0 spiro atoms. The highest BCUT2D eigenvalue weighted by molar-refractivity contribution is 5.95. The fourth-order valence-corrected chi connectivity index (χ4v) is 3.92. The van der Waals surface area contributed by atoms with Crippen LogP contribution in [0.25, 0.3) is 0 Å². The highest BCUT2D eigenvalue weighted by atomic mass is 16.3. The largest absolute Gasteiger partial charge is 0.505 e. The first kappa shape index (κ1) is 19.2. The topological polar surface area (TPSA) is 89.9 Å². The van der Waals surface area contributed by atoms with Crippen molar-refractivity contribution in [2.75, 3.05) is 49.1 Å². The summed E-state index contributed by atoms with van der Waals surface area (Å²) in [6.45, 7) is 6.25. The first-order chi connectivity index (χ1) is 14.1. The van der Waals surface area contributed by atoms with E-state index in [1.165, 1.54) is 18.9 Å². The lowest BCUT2D eigenvalue weighted by Crippen LogP contribution is -2.49. The Morgan fingerprint density at radius 2 is 1.79 bits per heavy atom. The maximum absolute atomic E-state index is 12.8. The maximum Gasteiger partial charge on any atom is 0.272 e. The van der Waals surface area contributed by atoms with Crippen molar-refractivity contribution in [3.8, 4) is 5.75 Å². The Hall–Kier alpha value is -3.16. The smallest absolute Gasteiger partial charge is 0.272 e. The Labute approximate surface area is 169 Å². The predicted molar refractivity (Wildman–Crippen MR) is 110 cm³/mol. The van der Waals surface area contributed by atoms with E-state index in [0.717, 1.165) is 24.6 Å². The van der Waals surface area contributed by atoms with Crippen LogP contribution in [-0.2, 0) is 0 Å². The molecule has 2 saturated heterocycles. The van der Waals surface area contributed by atoms with Gasteiger partial charge in [0.1, 0.15) is 17.3 Å². The second-order valence-electron chi connectivity index (χ2n) is 7.50. The van der Waals surface area contributed by atoms with Gasteiger partial charge in [0.25, 0.3) is 5.91 Å². The number of pyridine rings is 2. The quantitative estimate of drug-likeness (QED) is 0.791. The van der Waals surface area contributed by atoms with Crippen LogP contribution >= 0.6 is 0 Å². The summed E-state index contributed by atoms with van der Waals surface area (Å²) < 4.78 is 0. The van der Waals surface area contributed by atoms with E-state index >= 15 is 0 Å². The van der Waals surface area contributed by atoms with Crippen LogP contribution < -0.4 is 9.80 Å². The normalized spacial score (nSPS) is 16.9. The Bertz CT molecular complexity index is 901. The second kappa shape index (κ2) is 8.06. The number of carbonyl (C=O) groups is 2. The van der Waals surface area contributed by atoms with E-state index in [2.05, 4.69) is 31.9 Å². The molecule has 8 heteroatoms. The van der Waals surface area contributed by atoms with Crippen LogP contribution in [0.5, 0.6) is 5.75 Å². The zero-order valence-corrected chi connectivity index (χ0v) is 16.5. The summed E-state index contributed by atoms with van der Waals surface area (Å²) in [4.78, 5) is 38.9. The number of aromatic nitrogens is 2. The first-order valence-electron chi connectivity index (χ1n) is 9.98. The number of amides is 1. The molecule has 2 aliphatic heterocycles. The standard InChI is InChI=1S/C21H25N5O3/c1-15-20(28)16(14-27)12-18(23-15)21(29)26-10-8-24(9-11-26)17-4-5-19(22-13-17)25-6-2-3-7-25/h4-5,12-14,28H,2-3,6-11H2,1H3. The maximum atomic E-state index is 12.8. The number of carbonyl (C=O) groups excluding carboxylic acids is 2. The minimum absolute atomic E-state index is 0.0867. The second-order valence-corrected chi connectivity index (χ2v) is 7.50. The van der Waals surface area contributed by atoms with Crippen molar-refractivity contribution in [3.05, 3.63) is 41.3 Å². The Balaban J connectivity index is 1.39. The van der Waals surface area contributed by atoms with Crippen LogP contribution in [0.15, 0.2) is 24.4 Å². The van der Waals surface area contributed by atoms with Gasteiger partial charge in [-0.3, -0.25) is 9.59 Å². The molecule has 29 heavy (non-hydrogen) atoms. The molecule has 0 radical (unpaired) electrons. The fraction of sp³-hybridized carbons (Fsp3) is 0.429. The minimum Gasteiger partial charge on any atom is -0.505 e. The predicted octanol–water partition coefficient (Wildman–Crippen LogP) is 1.87. The van der Waals surface area contributed by atoms with E-state index in [1.54, 1.807) is 11.8 Å². The molecule has 8 nitrogen and oxygen atoms in total. The van der Waals surface area contributed by atoms with Gasteiger partial charge in [0.2, 0.25) is 0 Å². The number of aromatic hydroxyl groups is 1. The number of aldehydes is 1. The SMILES string of the molecule is Cc1nc(C(=O)N2CCN(c3ccc(N4CCCC4)nc3)CC2)cc(C=O)c1O. The van der Waals surface area contributed by atoms with Gasteiger partial charge in [-0.25, -0.2) is 9.97 Å². The van der Waals surface area contributed by atoms with Gasteiger partial charge in [0.05, 0.1) is 23.1 Å². The number of anilines is 2. The number of piperazine rings is 1. The number of hydrogen-bond donors (Lipinski definition) is 1. The van der Waals surface area contributed by atoms with Gasteiger partial charge >= 0.3 is 0 Å². The first-order valence-corrected chi connectivity index (χ1v) is 9.98. The van der Waals surface area contributed by atoms with Crippen LogP contribution in [0.3, 0.4) is 0 Å². The van der Waals surface area contributed by atoms with Crippen molar-refractivity contribution < 1.29 is 14.7 Å². The van der Waals surface area contributed by atoms with Crippen molar-refractivity contribution in [2.24, 2.45) is 0 Å². The summed E-state index contributed by atoms with van der Waals surface area (Å²) in [6.07, 6.45) is 4.90. The zero-order chi connectivity index (χ0) is 20.4. The van der Waals surface area contributed by atoms with E-state index in [-0.39, 0.29) is 28.6 Å². The molecule has 152 valence electrons. The van der Waals surface area contributed by atoms with Crippen molar-refractivity contribution >= 4 is 23.7 Å². The molecular weight excluding hydrogens is 370 g/mol. The van der Waals surface area contributed by atoms with Gasteiger partial charge in [-0.2, -0.15) is 0 Å². The molecule has 0 aliphatic carbocycles. The Morgan fingerprint density at radius 3 is 2.41 bits per heavy atom. The molecule has 0 aromatic carbocycles. The Kier molecular flexibility index (Phi) is 5.33. The molecule has 0 saturated carbocycles. The van der Waals surface area contributed by atoms with Gasteiger partial charge in [0, 0.05) is 39.3 Å². The monoisotopic (exact) mass is 395 g/mol. The number of nitrogens with zero attached hydrogens (tertiary/aromatic N) is 5. The minimum atomic E-state index is -0.224. The molecule has 0 unspecified atom stereocenters. The third-order valence-electron chi connectivity index (χ3n) is 5.64. The molecule has 2 aliphatic rings. The van der Waals surface area contributed by atoms with E-state index in [4.69, 9.17) is 0 Å². The molecule has 2 aromatic heterocycles. The molecule has 4 rings (SSSR count). The summed E-state index contributed by atoms with van der Waals surface area (Å²) >= 11 is 0. The van der Waals surface area contributed by atoms with Crippen LogP contribution in [-0.4, -0.2) is 71.4 Å². The molecular formula is C21H25N5O3. The summed E-state index contributed by atoms with van der Waals surface area (Å²) in [6, 6.07) is 5.52. The summed E-state index contributed by atoms with van der Waals surface area (Å²) in [5.41, 5.74) is 1.61. The Morgan fingerprint density at radius 1 is 1.07 bits per heavy atom. The van der Waals surface area contributed by atoms with Gasteiger partial charge < -0.3 is 19.8 Å². The molecule has 1 N–H and O–H groups in total. The van der Waals surface area contributed by atoms with E-state index in [0.29, 0.717) is 32.5 Å². The molecule has 2 fully saturated rings. The number of aryl methyl sites for hydroxylation is 1. The highest BCUT2D eigenvalue weighted by Gasteiger charge is 2.25. The third kappa shape index (κ3) is 3.87. The van der Waals surface area contributed by atoms with E-state index in [1.807, 2.05) is 6.20 Å². The molecule has 0 atom stereocenters. The summed E-state index contributed by atoms with van der Waals surface area (Å²) in [5, 5.41) is 9.83. The average molecular weight is 395 g/mol. The third-order valence-corrected chi connectivity index (χ3v) is 5.64. The molecule has 2 aromatic rings. The van der Waals surface area contributed by atoms with E-state index < -0.39 is 0 Å². The lowest BCUT2D eigenvalue weighted by molar-refractivity contribution is 0.0740. The van der Waals surface area contributed by atoms with Gasteiger partial charge in [0.15, 0.2) is 6.29 Å². The number of rotatable bonds is 4. The van der Waals surface area contributed by atoms with Crippen LogP contribution in [0.1, 0.15) is 39.4 Å². The summed E-state index contributed by atoms with van der Waals surface area (Å²) in [7, 11) is 0. The van der Waals surface area contributed by atoms with Crippen LogP contribution in [0, 0.1) is 6.92 Å². The van der Waals surface area contributed by atoms with Gasteiger partial charge in [-0.1, -0.05) is 0 Å².